The number of aryl methyl sites for hydroxylation is 1. The molecular weight excluding hydrogens is 963 g/mol. The number of hydrogen-bond acceptors (Lipinski definition) is 7. The summed E-state index contributed by atoms with van der Waals surface area (Å²) >= 11 is 1.61. The van der Waals surface area contributed by atoms with E-state index >= 15 is 0 Å². The van der Waals surface area contributed by atoms with Gasteiger partial charge < -0.3 is 14.2 Å². The molecule has 0 saturated heterocycles. The Morgan fingerprint density at radius 3 is 1.43 bits per heavy atom. The zero-order valence-electron chi connectivity index (χ0n) is 32.6. The molecule has 7 rings (SSSR count). The molecule has 0 saturated carbocycles. The third-order valence-electron chi connectivity index (χ3n) is 8.71. The molecule has 2 heterocycles. The first-order valence-electron chi connectivity index (χ1n) is 18.4. The van der Waals surface area contributed by atoms with Gasteiger partial charge in [0, 0.05) is 51.5 Å². The summed E-state index contributed by atoms with van der Waals surface area (Å²) in [7, 11) is 4.61. The average molecular weight is 1010 g/mol. The Morgan fingerprint density at radius 2 is 0.967 bits per heavy atom. The molecule has 0 aliphatic rings. The van der Waals surface area contributed by atoms with Crippen LogP contribution in [0.1, 0.15) is 43.2 Å². The van der Waals surface area contributed by atoms with Gasteiger partial charge in [-0.25, -0.2) is 9.59 Å². The summed E-state index contributed by atoms with van der Waals surface area (Å²) in [6, 6.07) is 45.5. The maximum absolute atomic E-state index is 12.8. The van der Waals surface area contributed by atoms with Crippen molar-refractivity contribution in [1.82, 2.24) is 9.97 Å². The number of rotatable bonds is 9. The van der Waals surface area contributed by atoms with Gasteiger partial charge in [0.25, 0.3) is 0 Å². The van der Waals surface area contributed by atoms with E-state index in [0.717, 1.165) is 50.3 Å². The van der Waals surface area contributed by atoms with Crippen LogP contribution in [-0.2, 0) is 18.8 Å². The molecule has 0 N–H and O–H groups in total. The summed E-state index contributed by atoms with van der Waals surface area (Å²) < 4.78 is 16.4. The molecule has 9 heteroatoms. The monoisotopic (exact) mass is 1010 g/mol. The number of pyridine rings is 2. The number of benzene rings is 5. The number of carbonyl (C=O) groups is 2. The van der Waals surface area contributed by atoms with Crippen molar-refractivity contribution in [2.45, 2.75) is 13.8 Å². The Kier molecular flexibility index (Phi) is 15.4. The molecule has 0 amide bonds. The van der Waals surface area contributed by atoms with Crippen molar-refractivity contribution in [1.29, 1.82) is 0 Å². The van der Waals surface area contributed by atoms with E-state index in [1.807, 2.05) is 92.0 Å². The second-order valence-corrected chi connectivity index (χ2v) is 12.8. The van der Waals surface area contributed by atoms with Gasteiger partial charge >= 0.3 is 40.1 Å². The molecule has 310 valence electrons. The van der Waals surface area contributed by atoms with E-state index in [1.165, 1.54) is 0 Å². The van der Waals surface area contributed by atoms with Gasteiger partial charge in [-0.3, -0.25) is 9.97 Å². The zero-order chi connectivity index (χ0) is 42.8. The standard InChI is InChI=1S/C52H31N2O5.ClH.Pt.7H2/c1-3-4-5-6-7-8-9-33-57-46-25-21-41(22-26-46)52(56)59-48-29-19-39(20-30-48)45-24-32-50(54-36-45)43-12-10-11-42(34-43)49-31-23-44(35-53-49)38-17-27-47(28-18-38)58-51(55)40-15-13-37(2)14-16-40;;;;;;;;;/h10-32,35-36H,1-2H3;1H;;7*1H/q-1;;+2;;;;;;;/p-1. The van der Waals surface area contributed by atoms with Crippen molar-refractivity contribution in [2.75, 3.05) is 0 Å². The minimum Gasteiger partial charge on any atom is 0 e. The SMILES string of the molecule is CC#CC#CC#CC#COc1ccc(C(=O)Oc2ccc(-c3ccc(-c4[c-]c(-c5ccc(-c6ccc(OC(=O)c7ccc(C)cc7)cc6)cn5)ccc4)nc3)cc2)cc1.[Cl][Pt+].[HH].[HH].[HH].[HH].[HH].[HH].[HH]. The van der Waals surface area contributed by atoms with Crippen LogP contribution in [0.25, 0.3) is 44.8 Å². The largest absolute Gasteiger partial charge is 0 e. The maximum Gasteiger partial charge on any atom is 0 e. The van der Waals surface area contributed by atoms with Crippen LogP contribution in [0.5, 0.6) is 17.2 Å². The van der Waals surface area contributed by atoms with Crippen LogP contribution < -0.4 is 14.2 Å². The number of aromatic nitrogens is 2. The Balaban J connectivity index is 0. The summed E-state index contributed by atoms with van der Waals surface area (Å²) in [4.78, 5) is 34.7. The molecule has 61 heavy (non-hydrogen) atoms. The number of ether oxygens (including phenoxy) is 3. The molecule has 0 aliphatic heterocycles. The van der Waals surface area contributed by atoms with Gasteiger partial charge in [0.1, 0.15) is 23.4 Å². The van der Waals surface area contributed by atoms with Crippen molar-refractivity contribution < 1.29 is 52.6 Å². The van der Waals surface area contributed by atoms with Gasteiger partial charge in [0.2, 0.25) is 0 Å². The predicted molar refractivity (Wildman–Crippen MR) is 248 cm³/mol. The Labute approximate surface area is 380 Å². The van der Waals surface area contributed by atoms with E-state index in [-0.39, 0.29) is 9.99 Å². The summed E-state index contributed by atoms with van der Waals surface area (Å²) in [5.41, 5.74) is 8.84. The number of hydrogen-bond donors (Lipinski definition) is 0. The molecule has 7 nitrogen and oxygen atoms in total. The van der Waals surface area contributed by atoms with Crippen molar-refractivity contribution in [3.63, 3.8) is 0 Å². The van der Waals surface area contributed by atoms with Gasteiger partial charge in [0.15, 0.2) is 0 Å². The van der Waals surface area contributed by atoms with E-state index in [1.54, 1.807) is 92.6 Å². The minimum atomic E-state index is -0.504. The fraction of sp³-hybridized carbons (Fsp3) is 0.0385. The molecule has 2 aromatic heterocycles. The van der Waals surface area contributed by atoms with Crippen LogP contribution in [-0.4, -0.2) is 21.9 Å². The summed E-state index contributed by atoms with van der Waals surface area (Å²) in [6.45, 7) is 3.66. The molecule has 5 aromatic carbocycles. The molecule has 0 radical (unpaired) electrons. The van der Waals surface area contributed by atoms with Gasteiger partial charge in [-0.05, 0) is 115 Å². The second-order valence-electron chi connectivity index (χ2n) is 12.8. The van der Waals surface area contributed by atoms with E-state index in [9.17, 15) is 9.59 Å². The number of esters is 2. The van der Waals surface area contributed by atoms with Crippen LogP contribution in [0.2, 0.25) is 0 Å². The van der Waals surface area contributed by atoms with Gasteiger partial charge in [-0.15, -0.1) is 24.3 Å². The predicted octanol–water partition coefficient (Wildman–Crippen LogP) is 12.5. The Hall–Kier alpha value is -7.64. The van der Waals surface area contributed by atoms with Crippen molar-refractivity contribution in [3.05, 3.63) is 175 Å². The molecule has 0 spiro atoms. The van der Waals surface area contributed by atoms with Crippen LogP contribution in [0, 0.1) is 60.5 Å². The van der Waals surface area contributed by atoms with E-state index < -0.39 is 11.9 Å². The quantitative estimate of drug-likeness (QED) is 0.0616. The molecular formula is C52H45ClN2O5Pt. The normalized spacial score (nSPS) is 9.59. The number of nitrogens with zero attached hydrogens (tertiary/aromatic N) is 2. The molecule has 0 aliphatic carbocycles. The fourth-order valence-electron chi connectivity index (χ4n) is 5.62. The summed E-state index contributed by atoms with van der Waals surface area (Å²) in [5.74, 6) is 18.4. The first kappa shape index (κ1) is 43.0. The molecule has 0 bridgehead atoms. The van der Waals surface area contributed by atoms with Crippen LogP contribution >= 0.6 is 9.42 Å². The van der Waals surface area contributed by atoms with Gasteiger partial charge in [-0.2, -0.15) is 0 Å². The molecule has 0 unspecified atom stereocenters. The number of halogens is 1. The summed E-state index contributed by atoms with van der Waals surface area (Å²) in [6.07, 6.45) is 6.09. The smallest absolute Gasteiger partial charge is 0 e. The average Bonchev–Trinajstić information content (AvgIpc) is 3.31. The van der Waals surface area contributed by atoms with Gasteiger partial charge in [-0.1, -0.05) is 83.3 Å². The number of carbonyl (C=O) groups excluding carboxylic acids is 2. The first-order chi connectivity index (χ1) is 29.9. The fourth-order valence-corrected chi connectivity index (χ4v) is 5.62. The maximum atomic E-state index is 12.8. The van der Waals surface area contributed by atoms with E-state index in [4.69, 9.17) is 24.2 Å². The second kappa shape index (κ2) is 21.9. The van der Waals surface area contributed by atoms with Crippen LogP contribution in [0.4, 0.5) is 0 Å². The van der Waals surface area contributed by atoms with Crippen molar-refractivity contribution >= 4 is 21.4 Å². The van der Waals surface area contributed by atoms with E-state index in [2.05, 4.69) is 63.0 Å². The Morgan fingerprint density at radius 1 is 0.541 bits per heavy atom. The third-order valence-corrected chi connectivity index (χ3v) is 8.71. The topological polar surface area (TPSA) is 87.6 Å². The van der Waals surface area contributed by atoms with Crippen LogP contribution in [0.15, 0.2) is 152 Å². The van der Waals surface area contributed by atoms with E-state index in [0.29, 0.717) is 28.4 Å². The van der Waals surface area contributed by atoms with Crippen molar-refractivity contribution in [2.24, 2.45) is 0 Å². The molecule has 0 fully saturated rings. The molecule has 7 aromatic rings. The zero-order valence-corrected chi connectivity index (χ0v) is 35.6. The van der Waals surface area contributed by atoms with Crippen LogP contribution in [0.3, 0.4) is 0 Å². The minimum absolute atomic E-state index is 0. The molecule has 0 atom stereocenters. The Bertz CT molecular complexity index is 2920. The third kappa shape index (κ3) is 12.2. The summed E-state index contributed by atoms with van der Waals surface area (Å²) in [5, 5.41) is 0. The van der Waals surface area contributed by atoms with Gasteiger partial charge in [0.05, 0.1) is 11.1 Å². The first-order valence-corrected chi connectivity index (χ1v) is 21.2. The van der Waals surface area contributed by atoms with Crippen molar-refractivity contribution in [3.8, 4) is 110 Å².